The highest BCUT2D eigenvalue weighted by Crippen LogP contribution is 2.33. The van der Waals surface area contributed by atoms with Gasteiger partial charge in [0.05, 0.1) is 19.9 Å². The number of hydrogen-bond donors (Lipinski definition) is 2. The third-order valence-corrected chi connectivity index (χ3v) is 3.27. The van der Waals surface area contributed by atoms with Crippen molar-refractivity contribution in [1.82, 2.24) is 19.5 Å². The zero-order chi connectivity index (χ0) is 16.2. The highest BCUT2D eigenvalue weighted by atomic mass is 16.5. The van der Waals surface area contributed by atoms with Crippen LogP contribution in [0, 0.1) is 0 Å². The number of nitrogens with zero attached hydrogens (tertiary/aromatic N) is 4. The molecule has 0 unspecified atom stereocenters. The summed E-state index contributed by atoms with van der Waals surface area (Å²) < 4.78 is 12.3. The molecule has 0 saturated carbocycles. The minimum atomic E-state index is 0.398. The number of nitrogen functional groups attached to an aromatic ring is 1. The Labute approximate surface area is 132 Å². The van der Waals surface area contributed by atoms with Crippen molar-refractivity contribution in [2.24, 2.45) is 0 Å². The number of benzene rings is 1. The predicted octanol–water partition coefficient (Wildman–Crippen LogP) is 2.01. The number of imidazole rings is 1. The van der Waals surface area contributed by atoms with Crippen molar-refractivity contribution in [1.29, 1.82) is 0 Å². The molecule has 23 heavy (non-hydrogen) atoms. The molecule has 3 rings (SSSR count). The normalized spacial score (nSPS) is 10.3. The number of anilines is 3. The van der Waals surface area contributed by atoms with Gasteiger partial charge in [0.25, 0.3) is 0 Å². The Morgan fingerprint density at radius 2 is 2.04 bits per heavy atom. The van der Waals surface area contributed by atoms with Crippen LogP contribution >= 0.6 is 0 Å². The third-order valence-electron chi connectivity index (χ3n) is 3.27. The van der Waals surface area contributed by atoms with Gasteiger partial charge >= 0.3 is 0 Å². The molecule has 8 nitrogen and oxygen atoms in total. The highest BCUT2D eigenvalue weighted by molar-refractivity contribution is 5.76. The van der Waals surface area contributed by atoms with E-state index in [1.165, 1.54) is 6.33 Å². The molecule has 2 heterocycles. The van der Waals surface area contributed by atoms with Crippen molar-refractivity contribution in [3.63, 3.8) is 0 Å². The fourth-order valence-electron chi connectivity index (χ4n) is 2.12. The van der Waals surface area contributed by atoms with Gasteiger partial charge in [0.15, 0.2) is 11.6 Å². The lowest BCUT2D eigenvalue weighted by Crippen LogP contribution is -2.07. The molecule has 0 aliphatic rings. The summed E-state index contributed by atoms with van der Waals surface area (Å²) in [6.45, 7) is 0. The topological polar surface area (TPSA) is 100 Å². The molecule has 0 fully saturated rings. The minimum Gasteiger partial charge on any atom is -0.497 e. The maximum atomic E-state index is 6.18. The zero-order valence-corrected chi connectivity index (χ0v) is 12.7. The standard InChI is InChI=1S/C15H16N6O2/c1-22-10-3-4-12(23-2)11(7-10)20-14-13(16)15(19-8-18-14)21-6-5-17-9-21/h3-9H,16H2,1-2H3,(H,18,19,20). The maximum absolute atomic E-state index is 6.18. The number of rotatable bonds is 5. The van der Waals surface area contributed by atoms with Crippen molar-refractivity contribution >= 4 is 17.2 Å². The summed E-state index contributed by atoms with van der Waals surface area (Å²) >= 11 is 0. The van der Waals surface area contributed by atoms with E-state index in [1.54, 1.807) is 49.6 Å². The summed E-state index contributed by atoms with van der Waals surface area (Å²) in [6, 6.07) is 5.41. The Morgan fingerprint density at radius 3 is 2.74 bits per heavy atom. The van der Waals surface area contributed by atoms with Crippen LogP contribution in [0.5, 0.6) is 11.5 Å². The van der Waals surface area contributed by atoms with Crippen molar-refractivity contribution in [3.05, 3.63) is 43.2 Å². The Bertz CT molecular complexity index is 804. The molecule has 118 valence electrons. The van der Waals surface area contributed by atoms with Crippen LogP contribution in [0.4, 0.5) is 17.2 Å². The van der Waals surface area contributed by atoms with Crippen molar-refractivity contribution in [3.8, 4) is 17.3 Å². The molecule has 8 heteroatoms. The lowest BCUT2D eigenvalue weighted by atomic mass is 10.2. The Kier molecular flexibility index (Phi) is 3.96. The van der Waals surface area contributed by atoms with E-state index in [0.29, 0.717) is 34.5 Å². The molecular formula is C15H16N6O2. The number of ether oxygens (including phenoxy) is 2. The summed E-state index contributed by atoms with van der Waals surface area (Å²) in [4.78, 5) is 12.4. The van der Waals surface area contributed by atoms with Crippen LogP contribution in [0.3, 0.4) is 0 Å². The first-order chi connectivity index (χ1) is 11.2. The van der Waals surface area contributed by atoms with Gasteiger partial charge in [-0.3, -0.25) is 4.57 Å². The smallest absolute Gasteiger partial charge is 0.166 e. The first-order valence-electron chi connectivity index (χ1n) is 6.80. The monoisotopic (exact) mass is 312 g/mol. The molecule has 0 spiro atoms. The molecule has 0 aliphatic heterocycles. The molecule has 0 bridgehead atoms. The SMILES string of the molecule is COc1ccc(OC)c(Nc2ncnc(-n3ccnc3)c2N)c1. The molecule has 0 amide bonds. The van der Waals surface area contributed by atoms with Gasteiger partial charge < -0.3 is 20.5 Å². The van der Waals surface area contributed by atoms with Gasteiger partial charge in [-0.05, 0) is 12.1 Å². The van der Waals surface area contributed by atoms with E-state index in [0.717, 1.165) is 0 Å². The van der Waals surface area contributed by atoms with Crippen LogP contribution < -0.4 is 20.5 Å². The van der Waals surface area contributed by atoms with Gasteiger partial charge in [-0.2, -0.15) is 0 Å². The average molecular weight is 312 g/mol. The second kappa shape index (κ2) is 6.22. The first-order valence-corrected chi connectivity index (χ1v) is 6.80. The average Bonchev–Trinajstić information content (AvgIpc) is 3.11. The largest absolute Gasteiger partial charge is 0.497 e. The van der Waals surface area contributed by atoms with Gasteiger partial charge in [0.2, 0.25) is 0 Å². The van der Waals surface area contributed by atoms with Crippen molar-refractivity contribution in [2.45, 2.75) is 0 Å². The molecule has 2 aromatic heterocycles. The number of aromatic nitrogens is 4. The molecule has 1 aromatic carbocycles. The van der Waals surface area contributed by atoms with E-state index >= 15 is 0 Å². The summed E-state index contributed by atoms with van der Waals surface area (Å²) in [5, 5.41) is 3.15. The van der Waals surface area contributed by atoms with Gasteiger partial charge in [-0.15, -0.1) is 0 Å². The summed E-state index contributed by atoms with van der Waals surface area (Å²) in [5.41, 5.74) is 7.26. The molecule has 0 saturated heterocycles. The maximum Gasteiger partial charge on any atom is 0.166 e. The van der Waals surface area contributed by atoms with E-state index in [1.807, 2.05) is 6.07 Å². The van der Waals surface area contributed by atoms with Gasteiger partial charge in [0.1, 0.15) is 29.8 Å². The van der Waals surface area contributed by atoms with Gasteiger partial charge in [-0.25, -0.2) is 15.0 Å². The van der Waals surface area contributed by atoms with Crippen molar-refractivity contribution < 1.29 is 9.47 Å². The van der Waals surface area contributed by atoms with Crippen LogP contribution in [0.25, 0.3) is 5.82 Å². The van der Waals surface area contributed by atoms with E-state index in [2.05, 4.69) is 20.3 Å². The molecule has 3 aromatic rings. The minimum absolute atomic E-state index is 0.398. The predicted molar refractivity (Wildman–Crippen MR) is 86.4 cm³/mol. The fourth-order valence-corrected chi connectivity index (χ4v) is 2.12. The zero-order valence-electron chi connectivity index (χ0n) is 12.7. The van der Waals surface area contributed by atoms with Crippen LogP contribution in [-0.4, -0.2) is 33.7 Å². The quantitative estimate of drug-likeness (QED) is 0.743. The molecule has 3 N–H and O–H groups in total. The lowest BCUT2D eigenvalue weighted by molar-refractivity contribution is 0.405. The fraction of sp³-hybridized carbons (Fsp3) is 0.133. The van der Waals surface area contributed by atoms with Crippen LogP contribution in [0.2, 0.25) is 0 Å². The van der Waals surface area contributed by atoms with E-state index in [-0.39, 0.29) is 0 Å². The van der Waals surface area contributed by atoms with Crippen LogP contribution in [0.15, 0.2) is 43.2 Å². The first kappa shape index (κ1) is 14.6. The summed E-state index contributed by atoms with van der Waals surface area (Å²) in [7, 11) is 3.19. The Hall–Kier alpha value is -3.29. The number of nitrogens with two attached hydrogens (primary N) is 1. The van der Waals surface area contributed by atoms with Crippen LogP contribution in [-0.2, 0) is 0 Å². The second-order valence-electron chi connectivity index (χ2n) is 4.62. The highest BCUT2D eigenvalue weighted by Gasteiger charge is 2.12. The molecule has 0 radical (unpaired) electrons. The Balaban J connectivity index is 1.99. The van der Waals surface area contributed by atoms with Crippen molar-refractivity contribution in [2.75, 3.05) is 25.3 Å². The summed E-state index contributed by atoms with van der Waals surface area (Å²) in [5.74, 6) is 2.35. The molecule has 0 aliphatic carbocycles. The molecule has 0 atom stereocenters. The van der Waals surface area contributed by atoms with Gasteiger partial charge in [-0.1, -0.05) is 0 Å². The van der Waals surface area contributed by atoms with E-state index in [4.69, 9.17) is 15.2 Å². The molecular weight excluding hydrogens is 296 g/mol. The number of nitrogens with one attached hydrogen (secondary N) is 1. The lowest BCUT2D eigenvalue weighted by Gasteiger charge is -2.14. The third kappa shape index (κ3) is 2.86. The van der Waals surface area contributed by atoms with Gasteiger partial charge in [0, 0.05) is 18.5 Å². The van der Waals surface area contributed by atoms with E-state index in [9.17, 15) is 0 Å². The Morgan fingerprint density at radius 1 is 1.17 bits per heavy atom. The number of hydrogen-bond acceptors (Lipinski definition) is 7. The van der Waals surface area contributed by atoms with Crippen LogP contribution in [0.1, 0.15) is 0 Å². The summed E-state index contributed by atoms with van der Waals surface area (Å²) in [6.07, 6.45) is 6.46. The second-order valence-corrected chi connectivity index (χ2v) is 4.62. The van der Waals surface area contributed by atoms with E-state index < -0.39 is 0 Å². The number of methoxy groups -OCH3 is 2.